The lowest BCUT2D eigenvalue weighted by Crippen LogP contribution is -2.03. The van der Waals surface area contributed by atoms with Crippen molar-refractivity contribution in [3.05, 3.63) is 30.3 Å². The molecule has 0 saturated carbocycles. The number of nitrogens with one attached hydrogen (secondary N) is 1. The average molecular weight is 289 g/mol. The highest BCUT2D eigenvalue weighted by Crippen LogP contribution is 2.18. The van der Waals surface area contributed by atoms with Crippen LogP contribution in [0.2, 0.25) is 0 Å². The summed E-state index contributed by atoms with van der Waals surface area (Å²) in [6.45, 7) is 0.993. The molecule has 1 aromatic carbocycles. The second kappa shape index (κ2) is 8.00. The number of nitrogens with two attached hydrogens (primary N) is 1. The van der Waals surface area contributed by atoms with E-state index in [4.69, 9.17) is 5.73 Å². The Bertz CT molecular complexity index is 542. The molecule has 108 valence electrons. The first-order valence-corrected chi connectivity index (χ1v) is 8.58. The molecule has 0 radical (unpaired) electrons. The first-order chi connectivity index (χ1) is 9.79. The van der Waals surface area contributed by atoms with Gasteiger partial charge in [-0.15, -0.1) is 0 Å². The van der Waals surface area contributed by atoms with Crippen LogP contribution in [-0.4, -0.2) is 23.5 Å². The number of unbranched alkanes of at least 4 members (excludes halogenated alkanes) is 3. The molecule has 0 unspecified atom stereocenters. The summed E-state index contributed by atoms with van der Waals surface area (Å²) in [7, 11) is 0. The minimum absolute atomic E-state index is 0.783. The van der Waals surface area contributed by atoms with Gasteiger partial charge in [-0.05, 0) is 55.2 Å². The van der Waals surface area contributed by atoms with Gasteiger partial charge in [0.2, 0.25) is 0 Å². The third kappa shape index (κ3) is 4.60. The van der Waals surface area contributed by atoms with E-state index in [1.165, 1.54) is 31.4 Å². The Morgan fingerprint density at radius 3 is 2.80 bits per heavy atom. The van der Waals surface area contributed by atoms with Gasteiger partial charge in [0.05, 0.1) is 5.52 Å². The summed E-state index contributed by atoms with van der Waals surface area (Å²) in [5.41, 5.74) is 7.54. The van der Waals surface area contributed by atoms with E-state index < -0.39 is 0 Å². The summed E-state index contributed by atoms with van der Waals surface area (Å²) in [6, 6.07) is 9.91. The summed E-state index contributed by atoms with van der Waals surface area (Å²) in [6.07, 6.45) is 7.32. The maximum absolute atomic E-state index is 5.77. The van der Waals surface area contributed by atoms with Crippen LogP contribution in [0.5, 0.6) is 0 Å². The minimum atomic E-state index is 0.783. The number of thioether (sulfide) groups is 1. The van der Waals surface area contributed by atoms with E-state index in [-0.39, 0.29) is 0 Å². The van der Waals surface area contributed by atoms with Crippen molar-refractivity contribution in [2.45, 2.75) is 25.7 Å². The molecule has 2 rings (SSSR count). The number of pyridine rings is 1. The number of hydrogen-bond donors (Lipinski definition) is 2. The van der Waals surface area contributed by atoms with Crippen LogP contribution in [-0.2, 0) is 0 Å². The van der Waals surface area contributed by atoms with Gasteiger partial charge >= 0.3 is 0 Å². The largest absolute Gasteiger partial charge is 0.399 e. The lowest BCUT2D eigenvalue weighted by atomic mass is 10.2. The summed E-state index contributed by atoms with van der Waals surface area (Å²) < 4.78 is 0. The van der Waals surface area contributed by atoms with Crippen LogP contribution in [0.25, 0.3) is 10.9 Å². The molecule has 0 aliphatic heterocycles. The standard InChI is InChI=1S/C16H23N3S/c1-20-11-5-3-2-4-10-18-16-9-6-13-12-14(17)7-8-15(13)19-16/h6-9,12H,2-5,10-11,17H2,1H3,(H,18,19). The Labute approximate surface area is 125 Å². The van der Waals surface area contributed by atoms with Crippen molar-refractivity contribution in [3.8, 4) is 0 Å². The van der Waals surface area contributed by atoms with Gasteiger partial charge in [-0.1, -0.05) is 12.8 Å². The SMILES string of the molecule is CSCCCCCCNc1ccc2cc(N)ccc2n1. The van der Waals surface area contributed by atoms with Crippen LogP contribution in [0.4, 0.5) is 11.5 Å². The molecule has 0 aliphatic carbocycles. The molecule has 20 heavy (non-hydrogen) atoms. The molecule has 0 atom stereocenters. The van der Waals surface area contributed by atoms with Crippen molar-refractivity contribution in [2.24, 2.45) is 0 Å². The first-order valence-electron chi connectivity index (χ1n) is 7.19. The van der Waals surface area contributed by atoms with Gasteiger partial charge in [0, 0.05) is 17.6 Å². The van der Waals surface area contributed by atoms with Crippen LogP contribution < -0.4 is 11.1 Å². The van der Waals surface area contributed by atoms with E-state index in [9.17, 15) is 0 Å². The van der Waals surface area contributed by atoms with Crippen LogP contribution in [0.15, 0.2) is 30.3 Å². The molecule has 3 nitrogen and oxygen atoms in total. The van der Waals surface area contributed by atoms with Gasteiger partial charge < -0.3 is 11.1 Å². The Morgan fingerprint density at radius 2 is 1.95 bits per heavy atom. The van der Waals surface area contributed by atoms with Gasteiger partial charge in [-0.3, -0.25) is 0 Å². The predicted octanol–water partition coefficient (Wildman–Crippen LogP) is 4.15. The topological polar surface area (TPSA) is 50.9 Å². The number of aromatic nitrogens is 1. The number of rotatable bonds is 8. The van der Waals surface area contributed by atoms with Gasteiger partial charge in [-0.25, -0.2) is 4.98 Å². The monoisotopic (exact) mass is 289 g/mol. The van der Waals surface area contributed by atoms with Crippen molar-refractivity contribution in [1.29, 1.82) is 0 Å². The highest BCUT2D eigenvalue weighted by Gasteiger charge is 1.98. The van der Waals surface area contributed by atoms with E-state index in [0.717, 1.165) is 29.0 Å². The molecule has 2 aromatic rings. The lowest BCUT2D eigenvalue weighted by Gasteiger charge is -2.07. The molecule has 1 heterocycles. The lowest BCUT2D eigenvalue weighted by molar-refractivity contribution is 0.688. The fourth-order valence-electron chi connectivity index (χ4n) is 2.18. The highest BCUT2D eigenvalue weighted by atomic mass is 32.2. The van der Waals surface area contributed by atoms with E-state index in [2.05, 4.69) is 22.6 Å². The number of anilines is 2. The van der Waals surface area contributed by atoms with Gasteiger partial charge in [0.25, 0.3) is 0 Å². The Morgan fingerprint density at radius 1 is 1.10 bits per heavy atom. The number of hydrogen-bond acceptors (Lipinski definition) is 4. The first kappa shape index (κ1) is 15.0. The number of nitrogen functional groups attached to an aromatic ring is 1. The molecule has 0 aliphatic rings. The molecule has 0 spiro atoms. The maximum atomic E-state index is 5.77. The molecular formula is C16H23N3S. The normalized spacial score (nSPS) is 10.8. The second-order valence-corrected chi connectivity index (χ2v) is 5.97. The third-order valence-corrected chi connectivity index (χ3v) is 3.99. The van der Waals surface area contributed by atoms with E-state index in [1.54, 1.807) is 0 Å². The molecule has 1 aromatic heterocycles. The van der Waals surface area contributed by atoms with Crippen LogP contribution in [0.1, 0.15) is 25.7 Å². The van der Waals surface area contributed by atoms with Gasteiger partial charge in [0.15, 0.2) is 0 Å². The fourth-order valence-corrected chi connectivity index (χ4v) is 2.68. The van der Waals surface area contributed by atoms with Crippen LogP contribution >= 0.6 is 11.8 Å². The van der Waals surface area contributed by atoms with Gasteiger partial charge in [-0.2, -0.15) is 11.8 Å². The van der Waals surface area contributed by atoms with Crippen LogP contribution in [0.3, 0.4) is 0 Å². The van der Waals surface area contributed by atoms with Crippen LogP contribution in [0, 0.1) is 0 Å². The predicted molar refractivity (Wildman–Crippen MR) is 91.5 cm³/mol. The number of nitrogens with zero attached hydrogens (tertiary/aromatic N) is 1. The quantitative estimate of drug-likeness (QED) is 0.566. The average Bonchev–Trinajstić information content (AvgIpc) is 2.46. The third-order valence-electron chi connectivity index (χ3n) is 3.29. The molecule has 0 bridgehead atoms. The molecule has 4 heteroatoms. The summed E-state index contributed by atoms with van der Waals surface area (Å²) in [5.74, 6) is 2.23. The van der Waals surface area contributed by atoms with Crippen molar-refractivity contribution < 1.29 is 0 Å². The Balaban J connectivity index is 1.77. The molecule has 0 saturated heterocycles. The van der Waals surface area contributed by atoms with Gasteiger partial charge in [0.1, 0.15) is 5.82 Å². The van der Waals surface area contributed by atoms with Crippen molar-refractivity contribution >= 4 is 34.2 Å². The number of benzene rings is 1. The van der Waals surface area contributed by atoms with Crippen molar-refractivity contribution in [1.82, 2.24) is 4.98 Å². The minimum Gasteiger partial charge on any atom is -0.399 e. The fraction of sp³-hybridized carbons (Fsp3) is 0.438. The van der Waals surface area contributed by atoms with E-state index in [0.29, 0.717) is 0 Å². The molecule has 0 amide bonds. The van der Waals surface area contributed by atoms with Crippen molar-refractivity contribution in [3.63, 3.8) is 0 Å². The highest BCUT2D eigenvalue weighted by molar-refractivity contribution is 7.98. The van der Waals surface area contributed by atoms with E-state index >= 15 is 0 Å². The Kier molecular flexibility index (Phi) is 5.99. The summed E-state index contributed by atoms with van der Waals surface area (Å²) in [4.78, 5) is 4.59. The zero-order valence-corrected chi connectivity index (χ0v) is 12.9. The smallest absolute Gasteiger partial charge is 0.126 e. The molecular weight excluding hydrogens is 266 g/mol. The zero-order chi connectivity index (χ0) is 14.2. The number of fused-ring (bicyclic) bond motifs is 1. The second-order valence-electron chi connectivity index (χ2n) is 4.98. The maximum Gasteiger partial charge on any atom is 0.126 e. The van der Waals surface area contributed by atoms with E-state index in [1.807, 2.05) is 36.0 Å². The zero-order valence-electron chi connectivity index (χ0n) is 12.1. The van der Waals surface area contributed by atoms with Crippen molar-refractivity contribution in [2.75, 3.05) is 29.6 Å². The Hall–Kier alpha value is -1.42. The molecule has 0 fully saturated rings. The molecule has 3 N–H and O–H groups in total. The summed E-state index contributed by atoms with van der Waals surface area (Å²) >= 11 is 1.93. The summed E-state index contributed by atoms with van der Waals surface area (Å²) in [5, 5.41) is 4.49.